The molecule has 6 amide bonds. The van der Waals surface area contributed by atoms with E-state index in [9.17, 15) is 52.8 Å². The summed E-state index contributed by atoms with van der Waals surface area (Å²) in [5.41, 5.74) is 2.88. The van der Waals surface area contributed by atoms with E-state index in [0.29, 0.717) is 109 Å². The average Bonchev–Trinajstić information content (AvgIpc) is 1.46. The van der Waals surface area contributed by atoms with Crippen LogP contribution in [0, 0.1) is 45.3 Å². The Labute approximate surface area is 649 Å². The lowest BCUT2D eigenvalue weighted by molar-refractivity contribution is -0.157. The number of H-pyrrole nitrogens is 4. The van der Waals surface area contributed by atoms with Gasteiger partial charge in [0.05, 0.1) is 71.3 Å². The summed E-state index contributed by atoms with van der Waals surface area (Å²) in [7, 11) is 3.55. The van der Waals surface area contributed by atoms with Crippen LogP contribution in [-0.4, -0.2) is 194 Å². The number of rotatable bonds is 17. The lowest BCUT2D eigenvalue weighted by Crippen LogP contribution is -2.48. The zero-order chi connectivity index (χ0) is 78.8. The van der Waals surface area contributed by atoms with E-state index < -0.39 is 52.7 Å². The Morgan fingerprint density at radius 3 is 1.04 bits per heavy atom. The predicted octanol–water partition coefficient (Wildman–Crippen LogP) is 16.4. The summed E-state index contributed by atoms with van der Waals surface area (Å²) >= 11 is 24.9. The number of carbonyl (C=O) groups excluding carboxylic acids is 4. The van der Waals surface area contributed by atoms with Crippen molar-refractivity contribution in [3.63, 3.8) is 0 Å². The van der Waals surface area contributed by atoms with Crippen LogP contribution in [0.25, 0.3) is 43.6 Å². The number of hydrogen-bond acceptors (Lipinski definition) is 12. The lowest BCUT2D eigenvalue weighted by atomic mass is 9.68. The molecule has 8 aromatic rings. The lowest BCUT2D eigenvalue weighted by Gasteiger charge is -2.43. The molecule has 108 heavy (non-hydrogen) atoms. The summed E-state index contributed by atoms with van der Waals surface area (Å²) in [6.45, 7) is 24.3. The average molecular weight is 1580 g/mol. The van der Waals surface area contributed by atoms with Gasteiger partial charge in [-0.25, -0.2) is 14.0 Å². The van der Waals surface area contributed by atoms with Gasteiger partial charge in [0.25, 0.3) is 11.8 Å². The third-order valence-corrected chi connectivity index (χ3v) is 25.0. The first-order chi connectivity index (χ1) is 50.8. The molecule has 1 aliphatic carbocycles. The molecule has 4 saturated heterocycles. The Kier molecular flexibility index (Phi) is 26.2. The van der Waals surface area contributed by atoms with Crippen LogP contribution in [0.15, 0.2) is 73.3 Å². The van der Waals surface area contributed by atoms with Gasteiger partial charge in [-0.15, -0.1) is 0 Å². The Morgan fingerprint density at radius 1 is 0.491 bits per heavy atom. The van der Waals surface area contributed by atoms with Crippen LogP contribution in [0.5, 0.6) is 0 Å². The molecule has 5 aliphatic rings. The summed E-state index contributed by atoms with van der Waals surface area (Å²) in [6.07, 6.45) is 12.8. The largest absolute Gasteiger partial charge is 0.388 e. The zero-order valence-electron chi connectivity index (χ0n) is 64.0. The molecule has 9 N–H and O–H groups in total. The molecule has 4 aromatic heterocycles. The van der Waals surface area contributed by atoms with Crippen molar-refractivity contribution in [2.24, 2.45) is 45.3 Å². The number of carbonyl (C=O) groups is 4. The van der Waals surface area contributed by atoms with E-state index in [1.165, 1.54) is 4.90 Å². The van der Waals surface area contributed by atoms with Crippen LogP contribution in [-0.2, 0) is 9.59 Å². The summed E-state index contributed by atoms with van der Waals surface area (Å²) in [4.78, 5) is 56.7. The minimum absolute atomic E-state index is 0.0271. The Morgan fingerprint density at radius 2 is 0.769 bits per heavy atom. The second kappa shape index (κ2) is 33.9. The fraction of sp³-hybridized carbons (Fsp3) is 0.595. The molecular formula is C79H107Cl4F3N14O8. The molecule has 29 heteroatoms. The van der Waals surface area contributed by atoms with E-state index in [2.05, 4.69) is 80.7 Å². The van der Waals surface area contributed by atoms with Gasteiger partial charge in [0, 0.05) is 144 Å². The molecule has 0 unspecified atom stereocenters. The monoisotopic (exact) mass is 1580 g/mol. The number of amides is 6. The number of urea groups is 2. The standard InChI is InChI=1S/C21H31ClN4O2.C20H25ClFN3O2.C19H24ClF2N3O2.C19H27ClN4O2/c1-4-5-8-23-20(28)26-9-6-15(7-10-26)21(2,3)19(27)17-12-16(22)11-14-13-24-25-18(14)17;1-19(2,13-3-7-25(8-4-13)18(27)20(22)5-6-20)17(26)15-10-14(21)9-12-11-23-24-16(12)15;1-18(2,12-4-6-25(7-5-12)17(27)19(3,21)22)16(26)14-9-13(20)8-11-10-23-24-15(11)14;1-19(2,13-5-7-24(8-6-13)18(26)23(3)4)17(25)15-10-14(20)9-12-11-21-22-16(12)15/h11-13,15,19,27H,4-10H2,1-3H3,(H,23,28)(H,24,25);9-11,13,17,26H,3-8H2,1-2H3,(H,23,24);8-10,12,16,26H,4-7H2,1-3H3,(H,23,24);9-11,13,17,25H,5-8H2,1-4H3,(H,21,22)/t19-;17-;16-;17-/m1111/s1. The van der Waals surface area contributed by atoms with E-state index in [0.717, 1.165) is 118 Å². The summed E-state index contributed by atoms with van der Waals surface area (Å²) in [5.74, 6) is -3.95. The molecule has 590 valence electrons. The minimum atomic E-state index is -3.35. The summed E-state index contributed by atoms with van der Waals surface area (Å²) < 4.78 is 40.6. The number of alkyl halides is 3. The van der Waals surface area contributed by atoms with Gasteiger partial charge in [-0.05, 0) is 164 Å². The Bertz CT molecular complexity index is 4290. The maximum absolute atomic E-state index is 14.1. The van der Waals surface area contributed by atoms with E-state index in [-0.39, 0.29) is 53.7 Å². The first-order valence-corrected chi connectivity index (χ1v) is 39.2. The quantitative estimate of drug-likeness (QED) is 0.0385. The normalized spacial score (nSPS) is 18.5. The molecule has 22 nitrogen and oxygen atoms in total. The molecule has 0 spiro atoms. The predicted molar refractivity (Wildman–Crippen MR) is 418 cm³/mol. The highest BCUT2D eigenvalue weighted by Gasteiger charge is 2.54. The van der Waals surface area contributed by atoms with E-state index in [1.807, 2.05) is 67.8 Å². The van der Waals surface area contributed by atoms with E-state index >= 15 is 0 Å². The van der Waals surface area contributed by atoms with Gasteiger partial charge in [0.2, 0.25) is 0 Å². The van der Waals surface area contributed by atoms with Crippen molar-refractivity contribution in [2.75, 3.05) is 73.0 Å². The number of aliphatic hydroxyl groups excluding tert-OH is 4. The molecule has 13 rings (SSSR count). The van der Waals surface area contributed by atoms with Crippen molar-refractivity contribution in [2.45, 2.75) is 182 Å². The van der Waals surface area contributed by atoms with Crippen LogP contribution in [0.3, 0.4) is 0 Å². The number of fused-ring (bicyclic) bond motifs is 4. The number of nitrogens with zero attached hydrogens (tertiary/aromatic N) is 9. The first-order valence-electron chi connectivity index (χ1n) is 37.7. The van der Waals surface area contributed by atoms with Gasteiger partial charge < -0.3 is 50.2 Å². The van der Waals surface area contributed by atoms with Gasteiger partial charge >= 0.3 is 18.0 Å². The third kappa shape index (κ3) is 18.5. The van der Waals surface area contributed by atoms with Gasteiger partial charge in [0.15, 0.2) is 5.67 Å². The van der Waals surface area contributed by atoms with Gasteiger partial charge in [-0.3, -0.25) is 30.0 Å². The molecule has 0 bridgehead atoms. The first kappa shape index (κ1) is 83.5. The van der Waals surface area contributed by atoms with Crippen molar-refractivity contribution in [1.29, 1.82) is 0 Å². The fourth-order valence-electron chi connectivity index (χ4n) is 16.5. The van der Waals surface area contributed by atoms with Crippen LogP contribution in [0.2, 0.25) is 20.1 Å². The SMILES string of the molecule is CC(C)(C1CCN(C(=O)C2(F)CC2)CC1)[C@H](O)c1cc(Cl)cc2cn[nH]c12.CC(F)(F)C(=O)N1CCC(C(C)(C)[C@H](O)c2cc(Cl)cc3cn[nH]c23)CC1.CCCCNC(=O)N1CCC(C(C)(C)[C@H](O)c2cc(Cl)cc3cn[nH]c23)CC1.CN(C)C(=O)N1CCC(C(C)(C)[C@H](O)c2cc(Cl)cc3cn[nH]c23)CC1. The number of aromatic amines is 4. The zero-order valence-corrected chi connectivity index (χ0v) is 67.0. The van der Waals surface area contributed by atoms with Crippen molar-refractivity contribution < 1.29 is 52.8 Å². The van der Waals surface area contributed by atoms with Crippen LogP contribution >= 0.6 is 46.4 Å². The second-order valence-electron chi connectivity index (χ2n) is 33.0. The summed E-state index contributed by atoms with van der Waals surface area (Å²) in [5, 5.41) is 81.6. The highest BCUT2D eigenvalue weighted by atomic mass is 35.5. The number of hydrogen-bond donors (Lipinski definition) is 9. The van der Waals surface area contributed by atoms with Crippen molar-refractivity contribution >= 4 is 114 Å². The van der Waals surface area contributed by atoms with Crippen LogP contribution in [0.4, 0.5) is 22.8 Å². The minimum Gasteiger partial charge on any atom is -0.388 e. The number of nitrogens with one attached hydrogen (secondary N) is 5. The maximum Gasteiger partial charge on any atom is 0.322 e. The second-order valence-corrected chi connectivity index (χ2v) is 34.7. The number of likely N-dealkylation sites (tertiary alicyclic amines) is 4. The highest BCUT2D eigenvalue weighted by molar-refractivity contribution is 6.32. The molecule has 4 aromatic carbocycles. The van der Waals surface area contributed by atoms with Crippen LogP contribution < -0.4 is 5.32 Å². The van der Waals surface area contributed by atoms with Gasteiger partial charge in [-0.2, -0.15) is 29.2 Å². The van der Waals surface area contributed by atoms with Crippen molar-refractivity contribution in [3.05, 3.63) is 116 Å². The third-order valence-electron chi connectivity index (χ3n) is 24.1. The van der Waals surface area contributed by atoms with Crippen molar-refractivity contribution in [1.82, 2.24) is 70.6 Å². The smallest absolute Gasteiger partial charge is 0.322 e. The molecule has 4 atom stereocenters. The molecule has 8 heterocycles. The molecule has 5 fully saturated rings. The highest BCUT2D eigenvalue weighted by Crippen LogP contribution is 2.52. The number of halogens is 7. The van der Waals surface area contributed by atoms with Gasteiger partial charge in [-0.1, -0.05) is 115 Å². The number of aromatic nitrogens is 8. The number of piperidine rings is 4. The number of benzene rings is 4. The van der Waals surface area contributed by atoms with E-state index in [1.54, 1.807) is 66.9 Å². The number of unbranched alkanes of at least 4 members (excludes halogenated alkanes) is 1. The van der Waals surface area contributed by atoms with Crippen molar-refractivity contribution in [3.8, 4) is 0 Å². The fourth-order valence-corrected chi connectivity index (χ4v) is 17.4. The van der Waals surface area contributed by atoms with Crippen LogP contribution in [0.1, 0.15) is 193 Å². The topological polar surface area (TPSA) is 292 Å². The Balaban J connectivity index is 0.000000154. The molecule has 4 aliphatic heterocycles. The Hall–Kier alpha value is -6.97. The van der Waals surface area contributed by atoms with Gasteiger partial charge in [0.1, 0.15) is 0 Å². The number of aliphatic hydroxyl groups is 4. The maximum atomic E-state index is 14.1. The molecule has 1 saturated carbocycles. The molecular weight excluding hydrogens is 1470 g/mol. The van der Waals surface area contributed by atoms with E-state index in [4.69, 9.17) is 46.4 Å². The molecule has 0 radical (unpaired) electrons. The summed E-state index contributed by atoms with van der Waals surface area (Å²) in [6, 6.07) is 14.5.